The minimum absolute atomic E-state index is 0.220. The lowest BCUT2D eigenvalue weighted by Gasteiger charge is -2.22. The van der Waals surface area contributed by atoms with Gasteiger partial charge in [-0.25, -0.2) is 8.78 Å². The first-order chi connectivity index (χ1) is 14.7. The van der Waals surface area contributed by atoms with Gasteiger partial charge in [0.2, 0.25) is 0 Å². The van der Waals surface area contributed by atoms with Crippen LogP contribution in [0, 0.1) is 23.2 Å². The summed E-state index contributed by atoms with van der Waals surface area (Å²) in [6.45, 7) is 3.50. The summed E-state index contributed by atoms with van der Waals surface area (Å²) in [4.78, 5) is 16.8. The van der Waals surface area contributed by atoms with Gasteiger partial charge in [-0.2, -0.15) is 5.10 Å². The highest BCUT2D eigenvalue weighted by atomic mass is 35.5. The van der Waals surface area contributed by atoms with E-state index >= 15 is 0 Å². The Morgan fingerprint density at radius 1 is 1.39 bits per heavy atom. The fraction of sp³-hybridized carbons (Fsp3) is 0.429. The second-order valence-electron chi connectivity index (χ2n) is 7.47. The van der Waals surface area contributed by atoms with E-state index in [4.69, 9.17) is 21.7 Å². The molecule has 0 spiro atoms. The van der Waals surface area contributed by atoms with Crippen molar-refractivity contribution in [2.24, 2.45) is 13.0 Å². The summed E-state index contributed by atoms with van der Waals surface area (Å²) in [6.07, 6.45) is 0.520. The van der Waals surface area contributed by atoms with Crippen LogP contribution in [-0.4, -0.2) is 32.6 Å². The van der Waals surface area contributed by atoms with Gasteiger partial charge in [0.05, 0.1) is 22.4 Å². The number of carbonyl (C=O) groups is 1. The van der Waals surface area contributed by atoms with Crippen molar-refractivity contribution in [1.29, 1.82) is 5.41 Å². The van der Waals surface area contributed by atoms with Crippen molar-refractivity contribution in [2.75, 3.05) is 0 Å². The molecule has 0 radical (unpaired) electrons. The van der Waals surface area contributed by atoms with Gasteiger partial charge in [-0.3, -0.25) is 19.9 Å². The van der Waals surface area contributed by atoms with Crippen LogP contribution in [-0.2, 0) is 11.8 Å². The number of nitrogens with one attached hydrogen (secondary N) is 2. The minimum Gasteiger partial charge on any atom is -0.361 e. The van der Waals surface area contributed by atoms with Crippen molar-refractivity contribution >= 4 is 23.3 Å². The molecule has 164 valence electrons. The molecule has 2 aromatic heterocycles. The number of rotatable bonds is 6. The van der Waals surface area contributed by atoms with E-state index in [0.29, 0.717) is 11.5 Å². The molecular weight excluding hydrogens is 428 g/mol. The maximum atomic E-state index is 13.2. The lowest BCUT2D eigenvalue weighted by atomic mass is 10.1. The number of aromatic nitrogens is 3. The Morgan fingerprint density at radius 2 is 2.10 bits per heavy atom. The van der Waals surface area contributed by atoms with Crippen LogP contribution in [0.2, 0.25) is 5.02 Å². The predicted molar refractivity (Wildman–Crippen MR) is 111 cm³/mol. The standard InChI is InChI=1S/C21H22ClF2N5O2/c1-11(2)31-18(17-15(22)8-13(9-26-17)7-6-12-4-5-12)20(25)27-21(30)14-10-29(3)28-16(14)19(23)24/h8-12,18-19H,4-5H2,1-3H3,(H2,25,27,30). The third kappa shape index (κ3) is 5.87. The van der Waals surface area contributed by atoms with Gasteiger partial charge < -0.3 is 10.1 Å². The molecule has 3 rings (SSSR count). The van der Waals surface area contributed by atoms with E-state index in [1.165, 1.54) is 19.4 Å². The average Bonchev–Trinajstić information content (AvgIpc) is 3.43. The van der Waals surface area contributed by atoms with Crippen molar-refractivity contribution in [3.05, 3.63) is 46.0 Å². The number of aryl methyl sites for hydroxylation is 1. The van der Waals surface area contributed by atoms with Crippen molar-refractivity contribution < 1.29 is 18.3 Å². The first-order valence-corrected chi connectivity index (χ1v) is 10.1. The van der Waals surface area contributed by atoms with Crippen LogP contribution in [0.1, 0.15) is 66.5 Å². The summed E-state index contributed by atoms with van der Waals surface area (Å²) in [7, 11) is 1.43. The van der Waals surface area contributed by atoms with Crippen LogP contribution < -0.4 is 5.32 Å². The summed E-state index contributed by atoms with van der Waals surface area (Å²) in [5.74, 6) is 5.28. The number of amides is 1. The summed E-state index contributed by atoms with van der Waals surface area (Å²) >= 11 is 6.37. The van der Waals surface area contributed by atoms with Crippen molar-refractivity contribution in [2.45, 2.75) is 45.3 Å². The normalized spacial score (nSPS) is 14.3. The lowest BCUT2D eigenvalue weighted by Crippen LogP contribution is -2.37. The van der Waals surface area contributed by atoms with Gasteiger partial charge in [0.1, 0.15) is 11.5 Å². The Kier molecular flexibility index (Phi) is 7.03. The predicted octanol–water partition coefficient (Wildman–Crippen LogP) is 4.04. The largest absolute Gasteiger partial charge is 0.361 e. The Bertz CT molecular complexity index is 1050. The Morgan fingerprint density at radius 3 is 2.68 bits per heavy atom. The molecule has 1 atom stereocenters. The van der Waals surface area contributed by atoms with Crippen LogP contribution in [0.3, 0.4) is 0 Å². The molecule has 1 aliphatic rings. The molecule has 2 N–H and O–H groups in total. The van der Waals surface area contributed by atoms with Gasteiger partial charge in [-0.1, -0.05) is 23.4 Å². The number of hydrogen-bond acceptors (Lipinski definition) is 5. The van der Waals surface area contributed by atoms with Crippen LogP contribution in [0.4, 0.5) is 8.78 Å². The zero-order valence-corrected chi connectivity index (χ0v) is 18.0. The first kappa shape index (κ1) is 22.8. The molecule has 0 bridgehead atoms. The third-order valence-corrected chi connectivity index (χ3v) is 4.65. The van der Waals surface area contributed by atoms with Crippen molar-refractivity contribution in [3.63, 3.8) is 0 Å². The molecule has 31 heavy (non-hydrogen) atoms. The van der Waals surface area contributed by atoms with Gasteiger partial charge in [0.25, 0.3) is 12.3 Å². The first-order valence-electron chi connectivity index (χ1n) is 9.69. The minimum atomic E-state index is -2.93. The topological polar surface area (TPSA) is 92.9 Å². The number of amidine groups is 1. The molecule has 1 aliphatic carbocycles. The Labute approximate surface area is 183 Å². The average molecular weight is 450 g/mol. The maximum Gasteiger partial charge on any atom is 0.282 e. The summed E-state index contributed by atoms with van der Waals surface area (Å²) in [6, 6.07) is 1.63. The highest BCUT2D eigenvalue weighted by Crippen LogP contribution is 2.29. The molecule has 1 saturated carbocycles. The number of carbonyl (C=O) groups excluding carboxylic acids is 1. The highest BCUT2D eigenvalue weighted by Gasteiger charge is 2.28. The quantitative estimate of drug-likeness (QED) is 0.395. The van der Waals surface area contributed by atoms with E-state index in [-0.39, 0.29) is 28.2 Å². The molecule has 2 heterocycles. The van der Waals surface area contributed by atoms with E-state index in [2.05, 4.69) is 27.2 Å². The fourth-order valence-corrected chi connectivity index (χ4v) is 3.03. The number of ether oxygens (including phenoxy) is 1. The van der Waals surface area contributed by atoms with Gasteiger partial charge in [0.15, 0.2) is 6.10 Å². The van der Waals surface area contributed by atoms with Crippen molar-refractivity contribution in [3.8, 4) is 11.8 Å². The number of pyridine rings is 1. The molecule has 1 unspecified atom stereocenters. The molecule has 0 aromatic carbocycles. The number of nitrogens with zero attached hydrogens (tertiary/aromatic N) is 3. The second-order valence-corrected chi connectivity index (χ2v) is 7.88. The van der Waals surface area contributed by atoms with Gasteiger partial charge in [-0.05, 0) is 32.8 Å². The summed E-state index contributed by atoms with van der Waals surface area (Å²) < 4.78 is 33.2. The lowest BCUT2D eigenvalue weighted by molar-refractivity contribution is 0.0410. The summed E-state index contributed by atoms with van der Waals surface area (Å²) in [5.41, 5.74) is -0.131. The van der Waals surface area contributed by atoms with Crippen LogP contribution in [0.5, 0.6) is 0 Å². The van der Waals surface area contributed by atoms with E-state index in [0.717, 1.165) is 17.5 Å². The molecular formula is C21H22ClF2N5O2. The van der Waals surface area contributed by atoms with Crippen LogP contribution >= 0.6 is 11.6 Å². The summed E-state index contributed by atoms with van der Waals surface area (Å²) in [5, 5.41) is 14.5. The van der Waals surface area contributed by atoms with Crippen LogP contribution in [0.15, 0.2) is 18.5 Å². The maximum absolute atomic E-state index is 13.2. The van der Waals surface area contributed by atoms with Gasteiger partial charge in [-0.15, -0.1) is 0 Å². The zero-order chi connectivity index (χ0) is 22.7. The molecule has 0 aliphatic heterocycles. The molecule has 1 amide bonds. The number of alkyl halides is 2. The monoisotopic (exact) mass is 449 g/mol. The van der Waals surface area contributed by atoms with E-state index in [1.807, 2.05) is 0 Å². The molecule has 7 nitrogen and oxygen atoms in total. The van der Waals surface area contributed by atoms with Crippen LogP contribution in [0.25, 0.3) is 0 Å². The smallest absolute Gasteiger partial charge is 0.282 e. The highest BCUT2D eigenvalue weighted by molar-refractivity contribution is 6.31. The fourth-order valence-electron chi connectivity index (χ4n) is 2.76. The van der Waals surface area contributed by atoms with E-state index in [1.54, 1.807) is 19.9 Å². The Hall–Kier alpha value is -2.83. The van der Waals surface area contributed by atoms with Gasteiger partial charge in [0, 0.05) is 30.9 Å². The SMILES string of the molecule is CC(C)OC(C(=N)NC(=O)c1cn(C)nc1C(F)F)c1ncc(C#CC2CC2)cc1Cl. The second kappa shape index (κ2) is 9.54. The van der Waals surface area contributed by atoms with E-state index in [9.17, 15) is 13.6 Å². The van der Waals surface area contributed by atoms with E-state index < -0.39 is 24.1 Å². The third-order valence-electron chi connectivity index (χ3n) is 4.34. The number of halogens is 3. The molecule has 0 saturated heterocycles. The zero-order valence-electron chi connectivity index (χ0n) is 17.2. The van der Waals surface area contributed by atoms with Crippen molar-refractivity contribution in [1.82, 2.24) is 20.1 Å². The molecule has 1 fully saturated rings. The molecule has 10 heteroatoms. The Balaban J connectivity index is 1.83. The number of hydrogen-bond donors (Lipinski definition) is 2. The van der Waals surface area contributed by atoms with Gasteiger partial charge >= 0.3 is 0 Å². The molecule has 2 aromatic rings.